The Kier molecular flexibility index (Phi) is 10.8. The molecule has 0 aliphatic carbocycles. The van der Waals surface area contributed by atoms with Gasteiger partial charge < -0.3 is 29.5 Å². The van der Waals surface area contributed by atoms with E-state index in [9.17, 15) is 14.4 Å². The number of rotatable bonds is 11. The number of amides is 3. The number of aryl methyl sites for hydroxylation is 2. The molecule has 3 amide bonds. The zero-order chi connectivity index (χ0) is 30.4. The van der Waals surface area contributed by atoms with Crippen LogP contribution in [0.2, 0.25) is 5.15 Å². The van der Waals surface area contributed by atoms with Gasteiger partial charge in [-0.25, -0.2) is 14.6 Å². The zero-order valence-electron chi connectivity index (χ0n) is 25.2. The normalized spacial score (nSPS) is 18.8. The molecule has 10 nitrogen and oxygen atoms in total. The number of carbonyl (C=O) groups excluding carboxylic acids is 3. The summed E-state index contributed by atoms with van der Waals surface area (Å²) in [6.07, 6.45) is 2.60. The maximum Gasteiger partial charge on any atom is 0.337 e. The van der Waals surface area contributed by atoms with Crippen LogP contribution in [0.15, 0.2) is 30.3 Å². The highest BCUT2D eigenvalue weighted by molar-refractivity contribution is 6.29. The fraction of sp³-hybridized carbons (Fsp3) is 0.548. The summed E-state index contributed by atoms with van der Waals surface area (Å²) in [5.74, 6) is -0.503. The number of hydrogen-bond donors (Lipinski definition) is 1. The standard InChI is InChI=1S/C31H42ClN5O5/c1-20-16-27(32)34-22(3)28(20)29(38)33-13-10-21(2)35-14-11-25(12-15-35)37-26(19-41-4)18-36(31(37)40)17-23-6-8-24(9-7-23)30(39)42-5/h6-9,16,21,25-26H,10-15,17-19H2,1-5H3,(H,33,38). The van der Waals surface area contributed by atoms with Crippen LogP contribution in [0.1, 0.15) is 63.7 Å². The van der Waals surface area contributed by atoms with Gasteiger partial charge in [-0.1, -0.05) is 23.7 Å². The summed E-state index contributed by atoms with van der Waals surface area (Å²) in [4.78, 5) is 48.7. The van der Waals surface area contributed by atoms with Crippen molar-refractivity contribution in [3.8, 4) is 0 Å². The van der Waals surface area contributed by atoms with Gasteiger partial charge in [0.25, 0.3) is 5.91 Å². The molecule has 42 heavy (non-hydrogen) atoms. The predicted molar refractivity (Wildman–Crippen MR) is 161 cm³/mol. The Morgan fingerprint density at radius 3 is 2.45 bits per heavy atom. The lowest BCUT2D eigenvalue weighted by Gasteiger charge is -2.40. The van der Waals surface area contributed by atoms with Crippen LogP contribution < -0.4 is 5.32 Å². The topological polar surface area (TPSA) is 104 Å². The Hall–Kier alpha value is -3.21. The third-order valence-electron chi connectivity index (χ3n) is 8.38. The van der Waals surface area contributed by atoms with Crippen LogP contribution in [0.5, 0.6) is 0 Å². The predicted octanol–water partition coefficient (Wildman–Crippen LogP) is 4.06. The number of ether oxygens (including phenoxy) is 2. The highest BCUT2D eigenvalue weighted by Gasteiger charge is 2.42. The molecule has 2 aromatic rings. The van der Waals surface area contributed by atoms with E-state index in [-0.39, 0.29) is 30.0 Å². The second kappa shape index (κ2) is 14.3. The number of hydrogen-bond acceptors (Lipinski definition) is 7. The van der Waals surface area contributed by atoms with Crippen LogP contribution in [0.4, 0.5) is 4.79 Å². The van der Waals surface area contributed by atoms with Crippen molar-refractivity contribution in [1.82, 2.24) is 25.0 Å². The second-order valence-corrected chi connectivity index (χ2v) is 11.6. The Labute approximate surface area is 253 Å². The third-order valence-corrected chi connectivity index (χ3v) is 8.57. The van der Waals surface area contributed by atoms with E-state index in [0.29, 0.717) is 54.3 Å². The molecule has 1 aromatic carbocycles. The molecule has 11 heteroatoms. The van der Waals surface area contributed by atoms with Crippen LogP contribution in [-0.2, 0) is 16.0 Å². The van der Waals surface area contributed by atoms with Crippen molar-refractivity contribution in [2.24, 2.45) is 0 Å². The zero-order valence-corrected chi connectivity index (χ0v) is 25.9. The SMILES string of the molecule is COCC1CN(Cc2ccc(C(=O)OC)cc2)C(=O)N1C1CCN(C(C)CCNC(=O)c2c(C)cc(Cl)nc2C)CC1. The van der Waals surface area contributed by atoms with Gasteiger partial charge in [-0.05, 0) is 69.4 Å². The van der Waals surface area contributed by atoms with Crippen LogP contribution in [0, 0.1) is 13.8 Å². The lowest BCUT2D eigenvalue weighted by atomic mass is 10.00. The third kappa shape index (κ3) is 7.40. The fourth-order valence-electron chi connectivity index (χ4n) is 6.13. The molecule has 1 N–H and O–H groups in total. The summed E-state index contributed by atoms with van der Waals surface area (Å²) >= 11 is 6.01. The van der Waals surface area contributed by atoms with Gasteiger partial charge in [0.1, 0.15) is 5.15 Å². The minimum atomic E-state index is -0.379. The van der Waals surface area contributed by atoms with Gasteiger partial charge >= 0.3 is 12.0 Å². The first-order chi connectivity index (χ1) is 20.1. The lowest BCUT2D eigenvalue weighted by molar-refractivity contribution is 0.0600. The fourth-order valence-corrected chi connectivity index (χ4v) is 6.43. The molecule has 2 aliphatic heterocycles. The largest absolute Gasteiger partial charge is 0.465 e. The van der Waals surface area contributed by atoms with E-state index in [1.165, 1.54) is 7.11 Å². The maximum absolute atomic E-state index is 13.6. The minimum Gasteiger partial charge on any atom is -0.465 e. The summed E-state index contributed by atoms with van der Waals surface area (Å²) in [5.41, 5.74) is 3.48. The number of likely N-dealkylation sites (tertiary alicyclic amines) is 1. The average molecular weight is 600 g/mol. The summed E-state index contributed by atoms with van der Waals surface area (Å²) in [5, 5.41) is 3.43. The van der Waals surface area contributed by atoms with Crippen molar-refractivity contribution in [3.05, 3.63) is 63.4 Å². The van der Waals surface area contributed by atoms with Crippen LogP contribution >= 0.6 is 11.6 Å². The molecule has 2 unspecified atom stereocenters. The molecule has 3 heterocycles. The number of halogens is 1. The van der Waals surface area contributed by atoms with Gasteiger partial charge in [0, 0.05) is 51.9 Å². The van der Waals surface area contributed by atoms with Gasteiger partial charge in [-0.2, -0.15) is 0 Å². The monoisotopic (exact) mass is 599 g/mol. The summed E-state index contributed by atoms with van der Waals surface area (Å²) < 4.78 is 10.3. The number of nitrogens with one attached hydrogen (secondary N) is 1. The number of aromatic nitrogens is 1. The Bertz CT molecular complexity index is 1240. The molecule has 1 aromatic heterocycles. The molecule has 2 saturated heterocycles. The number of methoxy groups -OCH3 is 2. The number of piperidine rings is 1. The Balaban J connectivity index is 1.28. The first kappa shape index (κ1) is 31.7. The van der Waals surface area contributed by atoms with Crippen LogP contribution in [-0.4, -0.2) is 103 Å². The van der Waals surface area contributed by atoms with Crippen molar-refractivity contribution >= 4 is 29.5 Å². The Morgan fingerprint density at radius 1 is 1.14 bits per heavy atom. The second-order valence-electron chi connectivity index (χ2n) is 11.3. The smallest absolute Gasteiger partial charge is 0.337 e. The molecular weight excluding hydrogens is 558 g/mol. The van der Waals surface area contributed by atoms with Crippen LogP contribution in [0.25, 0.3) is 0 Å². The average Bonchev–Trinajstić information content (AvgIpc) is 3.26. The molecule has 4 rings (SSSR count). The quantitative estimate of drug-likeness (QED) is 0.307. The van der Waals surface area contributed by atoms with E-state index in [1.807, 2.05) is 28.9 Å². The van der Waals surface area contributed by atoms with Crippen molar-refractivity contribution in [3.63, 3.8) is 0 Å². The van der Waals surface area contributed by atoms with Gasteiger partial charge in [0.2, 0.25) is 0 Å². The number of nitrogens with zero attached hydrogens (tertiary/aromatic N) is 4. The summed E-state index contributed by atoms with van der Waals surface area (Å²) in [6.45, 7) is 9.76. The molecule has 0 radical (unpaired) electrons. The number of esters is 1. The lowest BCUT2D eigenvalue weighted by Crippen LogP contribution is -2.51. The molecular formula is C31H42ClN5O5. The van der Waals surface area contributed by atoms with Crippen LogP contribution in [0.3, 0.4) is 0 Å². The van der Waals surface area contributed by atoms with E-state index in [1.54, 1.807) is 32.2 Å². The van der Waals surface area contributed by atoms with Gasteiger partial charge in [-0.15, -0.1) is 0 Å². The first-order valence-corrected chi connectivity index (χ1v) is 14.9. The van der Waals surface area contributed by atoms with Gasteiger partial charge in [0.05, 0.1) is 36.6 Å². The number of carbonyl (C=O) groups is 3. The molecule has 2 fully saturated rings. The van der Waals surface area contributed by atoms with Gasteiger partial charge in [-0.3, -0.25) is 4.79 Å². The first-order valence-electron chi connectivity index (χ1n) is 14.5. The molecule has 228 valence electrons. The maximum atomic E-state index is 13.6. The van der Waals surface area contributed by atoms with E-state index < -0.39 is 0 Å². The van der Waals surface area contributed by atoms with Crippen molar-refractivity contribution in [2.45, 2.75) is 64.7 Å². The number of benzene rings is 1. The van der Waals surface area contributed by atoms with E-state index in [0.717, 1.165) is 43.5 Å². The molecule has 0 spiro atoms. The van der Waals surface area contributed by atoms with Crippen molar-refractivity contribution < 1.29 is 23.9 Å². The molecule has 0 bridgehead atoms. The minimum absolute atomic E-state index is 0.00435. The van der Waals surface area contributed by atoms with E-state index in [4.69, 9.17) is 21.1 Å². The molecule has 2 aliphatic rings. The van der Waals surface area contributed by atoms with Crippen molar-refractivity contribution in [1.29, 1.82) is 0 Å². The molecule has 2 atom stereocenters. The Morgan fingerprint density at radius 2 is 1.83 bits per heavy atom. The van der Waals surface area contributed by atoms with E-state index >= 15 is 0 Å². The van der Waals surface area contributed by atoms with Gasteiger partial charge in [0.15, 0.2) is 0 Å². The highest BCUT2D eigenvalue weighted by atomic mass is 35.5. The summed E-state index contributed by atoms with van der Waals surface area (Å²) in [6, 6.07) is 9.37. The highest BCUT2D eigenvalue weighted by Crippen LogP contribution is 2.28. The summed E-state index contributed by atoms with van der Waals surface area (Å²) in [7, 11) is 3.03. The van der Waals surface area contributed by atoms with Crippen molar-refractivity contribution in [2.75, 3.05) is 47.0 Å². The number of urea groups is 1. The van der Waals surface area contributed by atoms with E-state index in [2.05, 4.69) is 22.1 Å². The molecule has 0 saturated carbocycles. The number of pyridine rings is 1.